The summed E-state index contributed by atoms with van der Waals surface area (Å²) in [7, 11) is 0. The number of carbonyl (C=O) groups excluding carboxylic acids is 2. The molecule has 1 atom stereocenters. The summed E-state index contributed by atoms with van der Waals surface area (Å²) in [6.07, 6.45) is 1.88. The van der Waals surface area contributed by atoms with Gasteiger partial charge >= 0.3 is 5.97 Å². The molecule has 0 unspecified atom stereocenters. The van der Waals surface area contributed by atoms with Crippen molar-refractivity contribution < 1.29 is 19.5 Å². The number of thioether (sulfide) groups is 1. The number of rotatable bonds is 5. The third-order valence-corrected chi connectivity index (χ3v) is 5.07. The van der Waals surface area contributed by atoms with E-state index in [1.807, 2.05) is 38.1 Å². The van der Waals surface area contributed by atoms with Crippen molar-refractivity contribution in [3.05, 3.63) is 40.3 Å². The van der Waals surface area contributed by atoms with E-state index in [1.165, 1.54) is 5.56 Å². The predicted molar refractivity (Wildman–Crippen MR) is 104 cm³/mol. The van der Waals surface area contributed by atoms with Gasteiger partial charge in [-0.1, -0.05) is 58.9 Å². The average Bonchev–Trinajstić information content (AvgIpc) is 2.78. The molecule has 140 valence electrons. The van der Waals surface area contributed by atoms with Crippen molar-refractivity contribution in [1.29, 1.82) is 0 Å². The molecule has 6 heteroatoms. The van der Waals surface area contributed by atoms with Crippen LogP contribution in [0.15, 0.2) is 29.2 Å². The fourth-order valence-electron chi connectivity index (χ4n) is 2.74. The zero-order chi connectivity index (χ0) is 19.6. The summed E-state index contributed by atoms with van der Waals surface area (Å²) >= 11 is 0.794. The lowest BCUT2D eigenvalue weighted by molar-refractivity contribution is -0.146. The molecule has 1 saturated heterocycles. The van der Waals surface area contributed by atoms with E-state index >= 15 is 0 Å². The molecule has 1 aliphatic rings. The van der Waals surface area contributed by atoms with Crippen LogP contribution in [0, 0.1) is 5.92 Å². The first-order valence-electron chi connectivity index (χ1n) is 8.61. The third kappa shape index (κ3) is 4.55. The number of hydrogen-bond acceptors (Lipinski definition) is 4. The summed E-state index contributed by atoms with van der Waals surface area (Å²) in [6, 6.07) is 6.66. The van der Waals surface area contributed by atoms with Gasteiger partial charge in [0, 0.05) is 0 Å². The Labute approximate surface area is 158 Å². The fraction of sp³-hybridized carbons (Fsp3) is 0.450. The second-order valence-electron chi connectivity index (χ2n) is 7.91. The van der Waals surface area contributed by atoms with Gasteiger partial charge in [-0.15, -0.1) is 0 Å². The Balaban J connectivity index is 2.27. The van der Waals surface area contributed by atoms with Crippen molar-refractivity contribution in [2.75, 3.05) is 0 Å². The van der Waals surface area contributed by atoms with Gasteiger partial charge in [-0.3, -0.25) is 14.5 Å². The maximum absolute atomic E-state index is 12.6. The van der Waals surface area contributed by atoms with Crippen LogP contribution in [0.1, 0.15) is 52.2 Å². The molecule has 0 bridgehead atoms. The van der Waals surface area contributed by atoms with E-state index in [0.29, 0.717) is 0 Å². The number of carbonyl (C=O) groups is 3. The Morgan fingerprint density at radius 2 is 1.77 bits per heavy atom. The first-order chi connectivity index (χ1) is 12.0. The zero-order valence-electron chi connectivity index (χ0n) is 15.8. The normalized spacial score (nSPS) is 18.1. The smallest absolute Gasteiger partial charge is 0.326 e. The van der Waals surface area contributed by atoms with Crippen molar-refractivity contribution in [3.63, 3.8) is 0 Å². The molecule has 5 nitrogen and oxygen atoms in total. The summed E-state index contributed by atoms with van der Waals surface area (Å²) < 4.78 is 0. The Morgan fingerprint density at radius 1 is 1.19 bits per heavy atom. The number of carboxylic acids is 1. The quantitative estimate of drug-likeness (QED) is 0.766. The summed E-state index contributed by atoms with van der Waals surface area (Å²) in [6.45, 7) is 10.1. The van der Waals surface area contributed by atoms with E-state index in [2.05, 4.69) is 20.8 Å². The maximum Gasteiger partial charge on any atom is 0.326 e. The number of aliphatic carboxylic acids is 1. The van der Waals surface area contributed by atoms with Gasteiger partial charge in [-0.05, 0) is 46.7 Å². The van der Waals surface area contributed by atoms with E-state index in [1.54, 1.807) is 6.08 Å². The second kappa shape index (κ2) is 7.66. The highest BCUT2D eigenvalue weighted by molar-refractivity contribution is 8.18. The van der Waals surface area contributed by atoms with E-state index in [-0.39, 0.29) is 22.7 Å². The lowest BCUT2D eigenvalue weighted by Crippen LogP contribution is -2.44. The molecule has 0 aliphatic carbocycles. The molecule has 1 fully saturated rings. The van der Waals surface area contributed by atoms with Crippen molar-refractivity contribution in [2.45, 2.75) is 52.5 Å². The standard InChI is InChI=1S/C20H25NO4S/c1-12(2)10-15(18(23)24)21-17(22)16(26-19(21)25)11-13-6-8-14(9-7-13)20(3,4)5/h6-9,11-12,15H,10H2,1-5H3,(H,23,24)/b16-11-/t15-/m0/s1. The molecule has 0 spiro atoms. The van der Waals surface area contributed by atoms with E-state index in [0.717, 1.165) is 22.2 Å². The Hall–Kier alpha value is -2.08. The van der Waals surface area contributed by atoms with Crippen LogP contribution in [-0.2, 0) is 15.0 Å². The number of amides is 2. The first-order valence-corrected chi connectivity index (χ1v) is 9.42. The zero-order valence-corrected chi connectivity index (χ0v) is 16.6. The molecule has 1 aliphatic heterocycles. The summed E-state index contributed by atoms with van der Waals surface area (Å²) in [5, 5.41) is 8.90. The van der Waals surface area contributed by atoms with Gasteiger partial charge in [0.1, 0.15) is 6.04 Å². The third-order valence-electron chi connectivity index (χ3n) is 4.19. The van der Waals surface area contributed by atoms with Crippen LogP contribution in [0.25, 0.3) is 6.08 Å². The van der Waals surface area contributed by atoms with Gasteiger partial charge in [0.15, 0.2) is 0 Å². The average molecular weight is 375 g/mol. The van der Waals surface area contributed by atoms with Crippen LogP contribution < -0.4 is 0 Å². The van der Waals surface area contributed by atoms with E-state index in [4.69, 9.17) is 0 Å². The molecule has 26 heavy (non-hydrogen) atoms. The molecular formula is C20H25NO4S. The van der Waals surface area contributed by atoms with Crippen LogP contribution in [0.5, 0.6) is 0 Å². The largest absolute Gasteiger partial charge is 0.480 e. The summed E-state index contributed by atoms with van der Waals surface area (Å²) in [5.41, 5.74) is 2.01. The van der Waals surface area contributed by atoms with Crippen molar-refractivity contribution in [1.82, 2.24) is 4.90 Å². The highest BCUT2D eigenvalue weighted by Crippen LogP contribution is 2.35. The lowest BCUT2D eigenvalue weighted by atomic mass is 9.87. The van der Waals surface area contributed by atoms with Crippen LogP contribution in [0.4, 0.5) is 4.79 Å². The van der Waals surface area contributed by atoms with Gasteiger partial charge < -0.3 is 5.11 Å². The predicted octanol–water partition coefficient (Wildman–Crippen LogP) is 4.52. The van der Waals surface area contributed by atoms with Crippen molar-refractivity contribution in [2.24, 2.45) is 5.92 Å². The molecule has 0 radical (unpaired) electrons. The SMILES string of the molecule is CC(C)C[C@@H](C(=O)O)N1C(=O)S/C(=C\c2ccc(C(C)(C)C)cc2)C1=O. The molecule has 1 aromatic rings. The highest BCUT2D eigenvalue weighted by Gasteiger charge is 2.43. The van der Waals surface area contributed by atoms with Gasteiger partial charge in [0.25, 0.3) is 11.1 Å². The molecule has 1 N–H and O–H groups in total. The maximum atomic E-state index is 12.6. The van der Waals surface area contributed by atoms with Crippen LogP contribution in [0.2, 0.25) is 0 Å². The second-order valence-corrected chi connectivity index (χ2v) is 8.90. The summed E-state index contributed by atoms with van der Waals surface area (Å²) in [5.74, 6) is -1.63. The Morgan fingerprint density at radius 3 is 2.23 bits per heavy atom. The summed E-state index contributed by atoms with van der Waals surface area (Å²) in [4.78, 5) is 37.6. The molecule has 1 aromatic carbocycles. The number of carboxylic acid groups (broad SMARTS) is 1. The van der Waals surface area contributed by atoms with E-state index < -0.39 is 23.2 Å². The van der Waals surface area contributed by atoms with Crippen molar-refractivity contribution >= 4 is 35.0 Å². The monoisotopic (exact) mass is 375 g/mol. The first kappa shape index (κ1) is 20.2. The topological polar surface area (TPSA) is 74.7 Å². The van der Waals surface area contributed by atoms with Gasteiger partial charge in [-0.25, -0.2) is 4.79 Å². The van der Waals surface area contributed by atoms with Crippen LogP contribution >= 0.6 is 11.8 Å². The molecule has 0 aromatic heterocycles. The van der Waals surface area contributed by atoms with Gasteiger partial charge in [-0.2, -0.15) is 0 Å². The molecule has 1 heterocycles. The lowest BCUT2D eigenvalue weighted by Gasteiger charge is -2.22. The van der Waals surface area contributed by atoms with Gasteiger partial charge in [0.05, 0.1) is 4.91 Å². The van der Waals surface area contributed by atoms with E-state index in [9.17, 15) is 19.5 Å². The fourth-order valence-corrected chi connectivity index (χ4v) is 3.62. The minimum Gasteiger partial charge on any atom is -0.480 e. The number of benzene rings is 1. The Bertz CT molecular complexity index is 744. The van der Waals surface area contributed by atoms with Crippen molar-refractivity contribution in [3.8, 4) is 0 Å². The minimum absolute atomic E-state index is 0.0297. The number of hydrogen-bond donors (Lipinski definition) is 1. The minimum atomic E-state index is -1.16. The number of imide groups is 1. The van der Waals surface area contributed by atoms with Crippen LogP contribution in [-0.4, -0.2) is 33.2 Å². The number of nitrogens with zero attached hydrogens (tertiary/aromatic N) is 1. The molecule has 0 saturated carbocycles. The molecule has 2 amide bonds. The molecular weight excluding hydrogens is 350 g/mol. The van der Waals surface area contributed by atoms with Crippen LogP contribution in [0.3, 0.4) is 0 Å². The van der Waals surface area contributed by atoms with Gasteiger partial charge in [0.2, 0.25) is 0 Å². The Kier molecular flexibility index (Phi) is 5.96. The highest BCUT2D eigenvalue weighted by atomic mass is 32.2. The molecule has 2 rings (SSSR count).